The van der Waals surface area contributed by atoms with Gasteiger partial charge in [-0.3, -0.25) is 0 Å². The largest absolute Gasteiger partial charge is 0.437 e. The number of halogens is 2. The smallest absolute Gasteiger partial charge is 0.224 e. The first-order valence-corrected chi connectivity index (χ1v) is 6.17. The summed E-state index contributed by atoms with van der Waals surface area (Å²) in [7, 11) is 0. The molecule has 0 fully saturated rings. The highest BCUT2D eigenvalue weighted by Gasteiger charge is 2.12. The van der Waals surface area contributed by atoms with Gasteiger partial charge in [-0.15, -0.1) is 0 Å². The van der Waals surface area contributed by atoms with Crippen LogP contribution in [0.25, 0.3) is 0 Å². The van der Waals surface area contributed by atoms with Crippen molar-refractivity contribution < 1.29 is 4.74 Å². The Hall–Kier alpha value is -1.29. The minimum Gasteiger partial charge on any atom is -0.437 e. The summed E-state index contributed by atoms with van der Waals surface area (Å²) in [6.45, 7) is 1.86. The number of hydrogen-bond donors (Lipinski definition) is 1. The first-order valence-electron chi connectivity index (χ1n) is 5.42. The maximum absolute atomic E-state index is 6.06. The highest BCUT2D eigenvalue weighted by Crippen LogP contribution is 2.35. The van der Waals surface area contributed by atoms with Crippen LogP contribution in [0.5, 0.6) is 11.6 Å². The average Bonchev–Trinajstić information content (AvgIpc) is 2.35. The standard InChI is InChI=1S/C13H12Cl2N2O/c1-8(16)9-4-3-7-17-13(9)18-11-6-2-5-10(14)12(11)15/h2-8H,16H2,1H3/t8-/m1/s1. The first-order chi connectivity index (χ1) is 8.59. The molecule has 0 unspecified atom stereocenters. The molecule has 2 N–H and O–H groups in total. The zero-order valence-corrected chi connectivity index (χ0v) is 11.2. The number of pyridine rings is 1. The van der Waals surface area contributed by atoms with Gasteiger partial charge >= 0.3 is 0 Å². The van der Waals surface area contributed by atoms with Gasteiger partial charge in [-0.2, -0.15) is 0 Å². The summed E-state index contributed by atoms with van der Waals surface area (Å²) < 4.78 is 5.67. The Balaban J connectivity index is 2.37. The third kappa shape index (κ3) is 2.75. The molecule has 94 valence electrons. The Morgan fingerprint density at radius 3 is 2.72 bits per heavy atom. The number of ether oxygens (including phenoxy) is 1. The van der Waals surface area contributed by atoms with Gasteiger partial charge in [0.25, 0.3) is 0 Å². The van der Waals surface area contributed by atoms with Gasteiger partial charge in [0.05, 0.1) is 5.02 Å². The molecule has 1 aromatic heterocycles. The van der Waals surface area contributed by atoms with Crippen LogP contribution in [0.15, 0.2) is 36.5 Å². The Labute approximate surface area is 115 Å². The van der Waals surface area contributed by atoms with Crippen LogP contribution in [0.2, 0.25) is 10.0 Å². The molecule has 5 heteroatoms. The van der Waals surface area contributed by atoms with Gasteiger partial charge in [-0.25, -0.2) is 4.98 Å². The van der Waals surface area contributed by atoms with Crippen molar-refractivity contribution in [3.8, 4) is 11.6 Å². The van der Waals surface area contributed by atoms with Crippen LogP contribution in [-0.4, -0.2) is 4.98 Å². The summed E-state index contributed by atoms with van der Waals surface area (Å²) >= 11 is 12.0. The number of benzene rings is 1. The summed E-state index contributed by atoms with van der Waals surface area (Å²) in [4.78, 5) is 4.16. The molecule has 1 heterocycles. The number of nitrogens with two attached hydrogens (primary N) is 1. The number of aromatic nitrogens is 1. The van der Waals surface area contributed by atoms with E-state index < -0.39 is 0 Å². The third-order valence-corrected chi connectivity index (χ3v) is 3.22. The molecule has 0 amide bonds. The van der Waals surface area contributed by atoms with E-state index in [1.54, 1.807) is 24.4 Å². The Morgan fingerprint density at radius 1 is 1.22 bits per heavy atom. The van der Waals surface area contributed by atoms with Crippen molar-refractivity contribution in [2.45, 2.75) is 13.0 Å². The van der Waals surface area contributed by atoms with Crippen LogP contribution in [0, 0.1) is 0 Å². The van der Waals surface area contributed by atoms with Crippen molar-refractivity contribution in [2.75, 3.05) is 0 Å². The fourth-order valence-electron chi connectivity index (χ4n) is 1.50. The molecule has 0 aliphatic heterocycles. The molecule has 0 saturated heterocycles. The van der Waals surface area contributed by atoms with Crippen molar-refractivity contribution >= 4 is 23.2 Å². The Kier molecular flexibility index (Phi) is 4.07. The molecule has 1 atom stereocenters. The summed E-state index contributed by atoms with van der Waals surface area (Å²) in [6, 6.07) is 8.69. The van der Waals surface area contributed by atoms with Crippen molar-refractivity contribution in [3.05, 3.63) is 52.1 Å². The average molecular weight is 283 g/mol. The minimum atomic E-state index is -0.174. The number of rotatable bonds is 3. The molecule has 0 spiro atoms. The normalized spacial score (nSPS) is 12.2. The van der Waals surface area contributed by atoms with Gasteiger partial charge in [-0.1, -0.05) is 35.3 Å². The van der Waals surface area contributed by atoms with Crippen LogP contribution in [0.1, 0.15) is 18.5 Å². The third-order valence-electron chi connectivity index (χ3n) is 2.41. The lowest BCUT2D eigenvalue weighted by atomic mass is 10.1. The van der Waals surface area contributed by atoms with E-state index in [1.807, 2.05) is 19.1 Å². The van der Waals surface area contributed by atoms with Crippen LogP contribution in [-0.2, 0) is 0 Å². The topological polar surface area (TPSA) is 48.1 Å². The van der Waals surface area contributed by atoms with E-state index in [-0.39, 0.29) is 6.04 Å². The van der Waals surface area contributed by atoms with Crippen molar-refractivity contribution in [2.24, 2.45) is 5.73 Å². The van der Waals surface area contributed by atoms with Gasteiger partial charge in [0.2, 0.25) is 5.88 Å². The van der Waals surface area contributed by atoms with Crippen molar-refractivity contribution in [1.82, 2.24) is 4.98 Å². The summed E-state index contributed by atoms with van der Waals surface area (Å²) in [6.07, 6.45) is 1.64. The number of nitrogens with zero attached hydrogens (tertiary/aromatic N) is 1. The predicted molar refractivity (Wildman–Crippen MR) is 73.4 cm³/mol. The van der Waals surface area contributed by atoms with E-state index in [1.165, 1.54) is 0 Å². The molecule has 0 radical (unpaired) electrons. The fourth-order valence-corrected chi connectivity index (χ4v) is 1.83. The highest BCUT2D eigenvalue weighted by molar-refractivity contribution is 6.42. The maximum Gasteiger partial charge on any atom is 0.224 e. The van der Waals surface area contributed by atoms with Gasteiger partial charge in [-0.05, 0) is 25.1 Å². The van der Waals surface area contributed by atoms with E-state index in [4.69, 9.17) is 33.7 Å². The predicted octanol–water partition coefficient (Wildman–Crippen LogP) is 4.20. The molecule has 1 aromatic carbocycles. The van der Waals surface area contributed by atoms with E-state index in [9.17, 15) is 0 Å². The zero-order chi connectivity index (χ0) is 13.1. The highest BCUT2D eigenvalue weighted by atomic mass is 35.5. The van der Waals surface area contributed by atoms with E-state index in [2.05, 4.69) is 4.98 Å². The first kappa shape index (κ1) is 13.1. The van der Waals surface area contributed by atoms with Crippen molar-refractivity contribution in [3.63, 3.8) is 0 Å². The molecule has 18 heavy (non-hydrogen) atoms. The van der Waals surface area contributed by atoms with Gasteiger partial charge in [0, 0.05) is 17.8 Å². The molecular weight excluding hydrogens is 271 g/mol. The van der Waals surface area contributed by atoms with Crippen LogP contribution >= 0.6 is 23.2 Å². The molecule has 3 nitrogen and oxygen atoms in total. The van der Waals surface area contributed by atoms with Gasteiger partial charge < -0.3 is 10.5 Å². The quantitative estimate of drug-likeness (QED) is 0.918. The van der Waals surface area contributed by atoms with E-state index >= 15 is 0 Å². The Morgan fingerprint density at radius 2 is 2.00 bits per heavy atom. The SMILES string of the molecule is C[C@@H](N)c1cccnc1Oc1cccc(Cl)c1Cl. The van der Waals surface area contributed by atoms with Crippen LogP contribution in [0.4, 0.5) is 0 Å². The van der Waals surface area contributed by atoms with Gasteiger partial charge in [0.15, 0.2) is 0 Å². The molecule has 2 rings (SSSR count). The maximum atomic E-state index is 6.06. The summed E-state index contributed by atoms with van der Waals surface area (Å²) in [5.41, 5.74) is 6.67. The lowest BCUT2D eigenvalue weighted by Crippen LogP contribution is -2.07. The molecule has 0 aliphatic carbocycles. The lowest BCUT2D eigenvalue weighted by molar-refractivity contribution is 0.452. The van der Waals surface area contributed by atoms with Crippen molar-refractivity contribution in [1.29, 1.82) is 0 Å². The minimum absolute atomic E-state index is 0.174. The second kappa shape index (κ2) is 5.57. The molecular formula is C13H12Cl2N2O. The van der Waals surface area contributed by atoms with Gasteiger partial charge in [0.1, 0.15) is 10.8 Å². The summed E-state index contributed by atoms with van der Waals surface area (Å²) in [5, 5.41) is 0.799. The molecule has 0 aliphatic rings. The molecule has 0 saturated carbocycles. The summed E-state index contributed by atoms with van der Waals surface area (Å²) in [5.74, 6) is 0.904. The number of hydrogen-bond acceptors (Lipinski definition) is 3. The van der Waals surface area contributed by atoms with E-state index in [0.29, 0.717) is 21.7 Å². The van der Waals surface area contributed by atoms with Crippen LogP contribution in [0.3, 0.4) is 0 Å². The van der Waals surface area contributed by atoms with Crippen LogP contribution < -0.4 is 10.5 Å². The fraction of sp³-hybridized carbons (Fsp3) is 0.154. The zero-order valence-electron chi connectivity index (χ0n) is 9.73. The second-order valence-electron chi connectivity index (χ2n) is 3.84. The Bertz CT molecular complexity index is 558. The second-order valence-corrected chi connectivity index (χ2v) is 4.63. The lowest BCUT2D eigenvalue weighted by Gasteiger charge is -2.13. The molecule has 2 aromatic rings. The monoisotopic (exact) mass is 282 g/mol. The van der Waals surface area contributed by atoms with E-state index in [0.717, 1.165) is 5.56 Å². The molecule has 0 bridgehead atoms.